The van der Waals surface area contributed by atoms with Crippen LogP contribution in [0.25, 0.3) is 0 Å². The second kappa shape index (κ2) is 7.80. The summed E-state index contributed by atoms with van der Waals surface area (Å²) in [6, 6.07) is 0.624. The fourth-order valence-corrected chi connectivity index (χ4v) is 3.35. The van der Waals surface area contributed by atoms with Crippen molar-refractivity contribution in [3.8, 4) is 0 Å². The number of nitrogens with one attached hydrogen (secondary N) is 1. The van der Waals surface area contributed by atoms with Gasteiger partial charge < -0.3 is 14.6 Å². The van der Waals surface area contributed by atoms with Crippen molar-refractivity contribution in [1.82, 2.24) is 14.5 Å². The van der Waals surface area contributed by atoms with Crippen LogP contribution < -0.4 is 5.32 Å². The molecule has 1 saturated heterocycles. The molecular formula is C16H28N4O. The number of hydrogen-bond acceptors (Lipinski definition) is 4. The lowest BCUT2D eigenvalue weighted by Crippen LogP contribution is -2.37. The smallest absolute Gasteiger partial charge is 0.202 e. The first-order valence-electron chi connectivity index (χ1n) is 8.49. The minimum Gasteiger partial charge on any atom is -0.379 e. The quantitative estimate of drug-likeness (QED) is 0.874. The third-order valence-electron chi connectivity index (χ3n) is 4.63. The summed E-state index contributed by atoms with van der Waals surface area (Å²) in [6.07, 6.45) is 11.9. The number of imidazole rings is 1. The second-order valence-electron chi connectivity index (χ2n) is 6.23. The van der Waals surface area contributed by atoms with Gasteiger partial charge in [0.15, 0.2) is 0 Å². The van der Waals surface area contributed by atoms with Gasteiger partial charge in [0.05, 0.1) is 13.2 Å². The van der Waals surface area contributed by atoms with E-state index in [1.165, 1.54) is 38.5 Å². The highest BCUT2D eigenvalue weighted by Crippen LogP contribution is 2.21. The zero-order valence-corrected chi connectivity index (χ0v) is 13.0. The molecule has 5 heteroatoms. The Kier molecular flexibility index (Phi) is 5.52. The lowest BCUT2D eigenvalue weighted by molar-refractivity contribution is 0.0369. The zero-order chi connectivity index (χ0) is 14.3. The van der Waals surface area contributed by atoms with Crippen molar-refractivity contribution in [3.63, 3.8) is 0 Å². The molecule has 0 radical (unpaired) electrons. The SMILES string of the molecule is c1cn(CCCN2CCOCC2)c(NC2CCCCC2)n1. The third kappa shape index (κ3) is 4.45. The van der Waals surface area contributed by atoms with Gasteiger partial charge in [0, 0.05) is 44.6 Å². The lowest BCUT2D eigenvalue weighted by atomic mass is 9.96. The predicted molar refractivity (Wildman–Crippen MR) is 84.6 cm³/mol. The lowest BCUT2D eigenvalue weighted by Gasteiger charge is -2.27. The van der Waals surface area contributed by atoms with Gasteiger partial charge >= 0.3 is 0 Å². The monoisotopic (exact) mass is 292 g/mol. The van der Waals surface area contributed by atoms with Crippen LogP contribution in [0.2, 0.25) is 0 Å². The number of nitrogens with zero attached hydrogens (tertiary/aromatic N) is 3. The van der Waals surface area contributed by atoms with Gasteiger partial charge in [0.25, 0.3) is 0 Å². The highest BCUT2D eigenvalue weighted by Gasteiger charge is 2.15. The number of anilines is 1. The Labute approximate surface area is 127 Å². The average molecular weight is 292 g/mol. The Balaban J connectivity index is 1.43. The maximum absolute atomic E-state index is 5.39. The first-order chi connectivity index (χ1) is 10.4. The summed E-state index contributed by atoms with van der Waals surface area (Å²) < 4.78 is 7.66. The summed E-state index contributed by atoms with van der Waals surface area (Å²) in [4.78, 5) is 6.99. The van der Waals surface area contributed by atoms with Crippen molar-refractivity contribution >= 4 is 5.95 Å². The van der Waals surface area contributed by atoms with Crippen LogP contribution in [0, 0.1) is 0 Å². The van der Waals surface area contributed by atoms with E-state index < -0.39 is 0 Å². The van der Waals surface area contributed by atoms with Crippen molar-refractivity contribution in [1.29, 1.82) is 0 Å². The molecule has 1 aromatic rings. The van der Waals surface area contributed by atoms with Crippen LogP contribution in [0.4, 0.5) is 5.95 Å². The van der Waals surface area contributed by atoms with Gasteiger partial charge in [-0.3, -0.25) is 4.90 Å². The van der Waals surface area contributed by atoms with E-state index >= 15 is 0 Å². The van der Waals surface area contributed by atoms with E-state index in [1.807, 2.05) is 6.20 Å². The molecular weight excluding hydrogens is 264 g/mol. The molecule has 2 aliphatic rings. The van der Waals surface area contributed by atoms with E-state index in [2.05, 4.69) is 26.0 Å². The Bertz CT molecular complexity index is 408. The molecule has 3 rings (SSSR count). The Morgan fingerprint density at radius 3 is 2.76 bits per heavy atom. The summed E-state index contributed by atoms with van der Waals surface area (Å²) in [5, 5.41) is 3.64. The normalized spacial score (nSPS) is 21.5. The van der Waals surface area contributed by atoms with Gasteiger partial charge in [0.2, 0.25) is 5.95 Å². The minimum absolute atomic E-state index is 0.624. The molecule has 1 saturated carbocycles. The summed E-state index contributed by atoms with van der Waals surface area (Å²) >= 11 is 0. The molecule has 1 aliphatic carbocycles. The molecule has 0 spiro atoms. The van der Waals surface area contributed by atoms with Crippen molar-refractivity contribution in [2.24, 2.45) is 0 Å². The van der Waals surface area contributed by atoms with Crippen LogP contribution >= 0.6 is 0 Å². The summed E-state index contributed by atoms with van der Waals surface area (Å²) in [5.74, 6) is 1.06. The van der Waals surface area contributed by atoms with Crippen LogP contribution in [-0.4, -0.2) is 53.3 Å². The van der Waals surface area contributed by atoms with E-state index in [9.17, 15) is 0 Å². The van der Waals surface area contributed by atoms with E-state index in [0.29, 0.717) is 6.04 Å². The summed E-state index contributed by atoms with van der Waals surface area (Å²) in [7, 11) is 0. The molecule has 21 heavy (non-hydrogen) atoms. The van der Waals surface area contributed by atoms with Crippen molar-refractivity contribution in [2.75, 3.05) is 38.2 Å². The maximum Gasteiger partial charge on any atom is 0.202 e. The van der Waals surface area contributed by atoms with E-state index in [0.717, 1.165) is 45.3 Å². The molecule has 0 unspecified atom stereocenters. The summed E-state index contributed by atoms with van der Waals surface area (Å²) in [6.45, 7) is 6.14. The van der Waals surface area contributed by atoms with Gasteiger partial charge in [-0.25, -0.2) is 4.98 Å². The Morgan fingerprint density at radius 2 is 1.95 bits per heavy atom. The van der Waals surface area contributed by atoms with E-state index in [4.69, 9.17) is 4.74 Å². The first-order valence-corrected chi connectivity index (χ1v) is 8.49. The standard InChI is InChI=1S/C16H28N4O/c1-2-5-15(6-3-1)18-16-17-7-10-20(16)9-4-8-19-11-13-21-14-12-19/h7,10,15H,1-6,8-9,11-14H2,(H,17,18). The largest absolute Gasteiger partial charge is 0.379 e. The molecule has 0 bridgehead atoms. The maximum atomic E-state index is 5.39. The van der Waals surface area contributed by atoms with Crippen LogP contribution in [0.5, 0.6) is 0 Å². The average Bonchev–Trinajstić information content (AvgIpc) is 2.97. The molecule has 2 fully saturated rings. The highest BCUT2D eigenvalue weighted by atomic mass is 16.5. The Morgan fingerprint density at radius 1 is 1.14 bits per heavy atom. The van der Waals surface area contributed by atoms with E-state index in [-0.39, 0.29) is 0 Å². The molecule has 5 nitrogen and oxygen atoms in total. The number of hydrogen-bond donors (Lipinski definition) is 1. The van der Waals surface area contributed by atoms with Gasteiger partial charge in [-0.2, -0.15) is 0 Å². The fraction of sp³-hybridized carbons (Fsp3) is 0.812. The van der Waals surface area contributed by atoms with Crippen LogP contribution in [0.1, 0.15) is 38.5 Å². The molecule has 1 N–H and O–H groups in total. The zero-order valence-electron chi connectivity index (χ0n) is 13.0. The van der Waals surface area contributed by atoms with Crippen molar-refractivity contribution < 1.29 is 4.74 Å². The number of aromatic nitrogens is 2. The summed E-state index contributed by atoms with van der Waals surface area (Å²) in [5.41, 5.74) is 0. The first kappa shape index (κ1) is 14.9. The Hall–Kier alpha value is -1.07. The fourth-order valence-electron chi connectivity index (χ4n) is 3.35. The molecule has 1 aromatic heterocycles. The second-order valence-corrected chi connectivity index (χ2v) is 6.23. The number of rotatable bonds is 6. The molecule has 0 amide bonds. The van der Waals surface area contributed by atoms with Crippen LogP contribution in [0.15, 0.2) is 12.4 Å². The number of aryl methyl sites for hydroxylation is 1. The highest BCUT2D eigenvalue weighted by molar-refractivity contribution is 5.27. The molecule has 118 valence electrons. The predicted octanol–water partition coefficient (Wildman–Crippen LogP) is 2.35. The van der Waals surface area contributed by atoms with Gasteiger partial charge in [-0.15, -0.1) is 0 Å². The molecule has 0 aromatic carbocycles. The molecule has 1 aliphatic heterocycles. The topological polar surface area (TPSA) is 42.3 Å². The van der Waals surface area contributed by atoms with Crippen LogP contribution in [-0.2, 0) is 11.3 Å². The van der Waals surface area contributed by atoms with Gasteiger partial charge in [-0.1, -0.05) is 19.3 Å². The van der Waals surface area contributed by atoms with Gasteiger partial charge in [-0.05, 0) is 19.3 Å². The molecule has 2 heterocycles. The van der Waals surface area contributed by atoms with E-state index in [1.54, 1.807) is 0 Å². The van der Waals surface area contributed by atoms with Crippen molar-refractivity contribution in [2.45, 2.75) is 51.1 Å². The minimum atomic E-state index is 0.624. The number of ether oxygens (including phenoxy) is 1. The van der Waals surface area contributed by atoms with Gasteiger partial charge in [0.1, 0.15) is 0 Å². The number of morpholine rings is 1. The third-order valence-corrected chi connectivity index (χ3v) is 4.63. The van der Waals surface area contributed by atoms with Crippen molar-refractivity contribution in [3.05, 3.63) is 12.4 Å². The van der Waals surface area contributed by atoms with Crippen LogP contribution in [0.3, 0.4) is 0 Å². The molecule has 0 atom stereocenters.